The van der Waals surface area contributed by atoms with Gasteiger partial charge in [0.05, 0.1) is 11.8 Å². The van der Waals surface area contributed by atoms with Crippen LogP contribution in [0.2, 0.25) is 5.02 Å². The van der Waals surface area contributed by atoms with Gasteiger partial charge in [0.15, 0.2) is 10.8 Å². The van der Waals surface area contributed by atoms with E-state index in [4.69, 9.17) is 16.0 Å². The lowest BCUT2D eigenvalue weighted by molar-refractivity contribution is 0.535. The predicted molar refractivity (Wildman–Crippen MR) is 85.4 cm³/mol. The van der Waals surface area contributed by atoms with Gasteiger partial charge in [-0.3, -0.25) is 0 Å². The molecule has 0 radical (unpaired) electrons. The molecule has 4 aromatic rings. The van der Waals surface area contributed by atoms with Gasteiger partial charge >= 0.3 is 0 Å². The first-order valence-electron chi connectivity index (χ1n) is 6.71. The molecule has 0 amide bonds. The quantitative estimate of drug-likeness (QED) is 0.569. The van der Waals surface area contributed by atoms with E-state index in [0.29, 0.717) is 6.42 Å². The van der Waals surface area contributed by atoms with Crippen molar-refractivity contribution in [2.24, 2.45) is 0 Å². The average molecular weight is 331 g/mol. The maximum Gasteiger partial charge on any atom is 0.234 e. The van der Waals surface area contributed by atoms with E-state index in [2.05, 4.69) is 15.3 Å². The Morgan fingerprint density at radius 2 is 2.09 bits per heavy atom. The van der Waals surface area contributed by atoms with Crippen molar-refractivity contribution in [1.82, 2.24) is 19.8 Å². The third-order valence-electron chi connectivity index (χ3n) is 3.45. The molecule has 0 aliphatic heterocycles. The van der Waals surface area contributed by atoms with Crippen molar-refractivity contribution in [2.45, 2.75) is 13.3 Å². The minimum absolute atomic E-state index is 0.592. The van der Waals surface area contributed by atoms with E-state index in [0.717, 1.165) is 37.7 Å². The lowest BCUT2D eigenvalue weighted by atomic mass is 10.1. The van der Waals surface area contributed by atoms with Crippen LogP contribution in [-0.4, -0.2) is 19.8 Å². The number of aromatic nitrogens is 4. The summed E-state index contributed by atoms with van der Waals surface area (Å²) in [5.74, 6) is 1.62. The van der Waals surface area contributed by atoms with Crippen LogP contribution in [0, 0.1) is 6.92 Å². The Bertz CT molecular complexity index is 955. The first-order chi connectivity index (χ1) is 10.7. The molecule has 0 saturated heterocycles. The van der Waals surface area contributed by atoms with Gasteiger partial charge in [-0.05, 0) is 24.6 Å². The van der Waals surface area contributed by atoms with Crippen LogP contribution in [0.15, 0.2) is 41.0 Å². The molecule has 5 nitrogen and oxygen atoms in total. The summed E-state index contributed by atoms with van der Waals surface area (Å²) < 4.78 is 7.11. The van der Waals surface area contributed by atoms with Gasteiger partial charge in [-0.2, -0.15) is 9.61 Å². The highest BCUT2D eigenvalue weighted by atomic mass is 35.5. The van der Waals surface area contributed by atoms with Gasteiger partial charge in [-0.15, -0.1) is 10.2 Å². The molecule has 0 N–H and O–H groups in total. The lowest BCUT2D eigenvalue weighted by Crippen LogP contribution is -1.98. The Morgan fingerprint density at radius 3 is 2.86 bits per heavy atom. The van der Waals surface area contributed by atoms with Crippen LogP contribution < -0.4 is 0 Å². The van der Waals surface area contributed by atoms with Crippen molar-refractivity contribution in [3.8, 4) is 10.6 Å². The average Bonchev–Trinajstić information content (AvgIpc) is 3.18. The summed E-state index contributed by atoms with van der Waals surface area (Å²) in [6.45, 7) is 1.92. The Balaban J connectivity index is 1.75. The standard InChI is InChI=1S/C15H11ClN4OS/c1-9-11(6-7-21-9)14-19-20-13(17-18-15(20)22-14)8-10-4-2-3-5-12(10)16/h2-7H,8H2,1H3. The Hall–Kier alpha value is -2.18. The second kappa shape index (κ2) is 5.23. The minimum Gasteiger partial charge on any atom is -0.469 e. The van der Waals surface area contributed by atoms with Crippen LogP contribution in [0.5, 0.6) is 0 Å². The lowest BCUT2D eigenvalue weighted by Gasteiger charge is -2.00. The summed E-state index contributed by atoms with van der Waals surface area (Å²) in [5, 5.41) is 14.6. The smallest absolute Gasteiger partial charge is 0.234 e. The number of aryl methyl sites for hydroxylation is 1. The molecule has 0 unspecified atom stereocenters. The zero-order valence-electron chi connectivity index (χ0n) is 11.7. The van der Waals surface area contributed by atoms with Crippen LogP contribution in [-0.2, 0) is 6.42 Å². The third-order valence-corrected chi connectivity index (χ3v) is 4.75. The molecule has 0 saturated carbocycles. The predicted octanol–water partition coefficient (Wildman–Crippen LogP) is 4.00. The van der Waals surface area contributed by atoms with E-state index in [1.165, 1.54) is 11.3 Å². The summed E-state index contributed by atoms with van der Waals surface area (Å²) in [7, 11) is 0. The van der Waals surface area contributed by atoms with Crippen molar-refractivity contribution in [3.05, 3.63) is 58.8 Å². The monoisotopic (exact) mass is 330 g/mol. The van der Waals surface area contributed by atoms with Crippen LogP contribution in [0.4, 0.5) is 0 Å². The van der Waals surface area contributed by atoms with Crippen LogP contribution >= 0.6 is 22.9 Å². The summed E-state index contributed by atoms with van der Waals surface area (Å²) in [6, 6.07) is 9.64. The van der Waals surface area contributed by atoms with E-state index in [9.17, 15) is 0 Å². The van der Waals surface area contributed by atoms with Crippen molar-refractivity contribution < 1.29 is 4.42 Å². The largest absolute Gasteiger partial charge is 0.469 e. The molecule has 7 heteroatoms. The highest BCUT2D eigenvalue weighted by molar-refractivity contribution is 7.19. The molecular formula is C15H11ClN4OS. The minimum atomic E-state index is 0.592. The van der Waals surface area contributed by atoms with E-state index >= 15 is 0 Å². The normalized spacial score (nSPS) is 11.4. The maximum atomic E-state index is 6.21. The Morgan fingerprint density at radius 1 is 1.23 bits per heavy atom. The molecule has 0 spiro atoms. The van der Waals surface area contributed by atoms with Gasteiger partial charge < -0.3 is 4.42 Å². The van der Waals surface area contributed by atoms with E-state index < -0.39 is 0 Å². The summed E-state index contributed by atoms with van der Waals surface area (Å²) >= 11 is 7.70. The number of benzene rings is 1. The Labute approximate surface area is 135 Å². The first kappa shape index (κ1) is 13.5. The first-order valence-corrected chi connectivity index (χ1v) is 7.91. The number of hydrogen-bond acceptors (Lipinski definition) is 5. The molecule has 0 atom stereocenters. The van der Waals surface area contributed by atoms with Gasteiger partial charge in [-0.1, -0.05) is 41.1 Å². The highest BCUT2D eigenvalue weighted by Crippen LogP contribution is 2.29. The highest BCUT2D eigenvalue weighted by Gasteiger charge is 2.16. The topological polar surface area (TPSA) is 56.2 Å². The van der Waals surface area contributed by atoms with Crippen molar-refractivity contribution in [2.75, 3.05) is 0 Å². The number of halogens is 1. The van der Waals surface area contributed by atoms with E-state index in [-0.39, 0.29) is 0 Å². The molecule has 0 fully saturated rings. The van der Waals surface area contributed by atoms with Gasteiger partial charge in [0.1, 0.15) is 5.76 Å². The van der Waals surface area contributed by atoms with Gasteiger partial charge in [0.2, 0.25) is 4.96 Å². The van der Waals surface area contributed by atoms with Crippen molar-refractivity contribution in [1.29, 1.82) is 0 Å². The van der Waals surface area contributed by atoms with E-state index in [1.54, 1.807) is 10.8 Å². The number of fused-ring (bicyclic) bond motifs is 1. The van der Waals surface area contributed by atoms with Crippen LogP contribution in [0.1, 0.15) is 17.1 Å². The molecule has 0 aliphatic rings. The number of rotatable bonds is 3. The SMILES string of the molecule is Cc1occc1-c1nn2c(Cc3ccccc3Cl)nnc2s1. The number of hydrogen-bond donors (Lipinski definition) is 0. The van der Waals surface area contributed by atoms with Gasteiger partial charge in [-0.25, -0.2) is 0 Å². The molecule has 1 aromatic carbocycles. The van der Waals surface area contributed by atoms with Gasteiger partial charge in [0.25, 0.3) is 0 Å². The zero-order valence-corrected chi connectivity index (χ0v) is 13.2. The molecule has 0 aliphatic carbocycles. The molecule has 0 bridgehead atoms. The summed E-state index contributed by atoms with van der Waals surface area (Å²) in [6.07, 6.45) is 2.26. The van der Waals surface area contributed by atoms with Crippen molar-refractivity contribution in [3.63, 3.8) is 0 Å². The fourth-order valence-electron chi connectivity index (χ4n) is 2.30. The maximum absolute atomic E-state index is 6.21. The fraction of sp³-hybridized carbons (Fsp3) is 0.133. The zero-order chi connectivity index (χ0) is 15.1. The molecule has 110 valence electrons. The second-order valence-electron chi connectivity index (χ2n) is 4.88. The third kappa shape index (κ3) is 2.20. The van der Waals surface area contributed by atoms with E-state index in [1.807, 2.05) is 37.3 Å². The molecular weight excluding hydrogens is 320 g/mol. The van der Waals surface area contributed by atoms with Crippen LogP contribution in [0.3, 0.4) is 0 Å². The van der Waals surface area contributed by atoms with Gasteiger partial charge in [0, 0.05) is 11.4 Å². The number of furan rings is 1. The molecule has 22 heavy (non-hydrogen) atoms. The van der Waals surface area contributed by atoms with Crippen molar-refractivity contribution >= 4 is 27.9 Å². The number of nitrogens with zero attached hydrogens (tertiary/aromatic N) is 4. The fourth-order valence-corrected chi connectivity index (χ4v) is 3.43. The summed E-state index contributed by atoms with van der Waals surface area (Å²) in [5.41, 5.74) is 1.99. The summed E-state index contributed by atoms with van der Waals surface area (Å²) in [4.78, 5) is 0.762. The molecule has 3 aromatic heterocycles. The molecule has 3 heterocycles. The molecule has 4 rings (SSSR count). The Kier molecular flexibility index (Phi) is 3.20. The second-order valence-corrected chi connectivity index (χ2v) is 6.24. The van der Waals surface area contributed by atoms with Crippen LogP contribution in [0.25, 0.3) is 15.5 Å².